The van der Waals surface area contributed by atoms with Gasteiger partial charge in [-0.2, -0.15) is 0 Å². The first-order valence-electron chi connectivity index (χ1n) is 6.98. The first kappa shape index (κ1) is 13.9. The van der Waals surface area contributed by atoms with E-state index in [1.165, 1.54) is 0 Å². The summed E-state index contributed by atoms with van der Waals surface area (Å²) in [5.74, 6) is 0. The number of hydrogen-bond acceptors (Lipinski definition) is 2. The van der Waals surface area contributed by atoms with E-state index in [2.05, 4.69) is 30.6 Å². The summed E-state index contributed by atoms with van der Waals surface area (Å²) in [5.41, 5.74) is 6.55. The van der Waals surface area contributed by atoms with Gasteiger partial charge < -0.3 is 0 Å². The first-order valence-corrected chi connectivity index (χ1v) is 7.78. The number of halogens is 1. The Kier molecular flexibility index (Phi) is 2.94. The molecule has 0 radical (unpaired) electrons. The van der Waals surface area contributed by atoms with E-state index in [0.29, 0.717) is 11.4 Å². The van der Waals surface area contributed by atoms with E-state index >= 15 is 0 Å². The minimum absolute atomic E-state index is 0.139. The molecule has 0 saturated carbocycles. The van der Waals surface area contributed by atoms with Gasteiger partial charge in [0.1, 0.15) is 10.6 Å². The van der Waals surface area contributed by atoms with Crippen LogP contribution in [0.15, 0.2) is 39.9 Å². The monoisotopic (exact) mass is 360 g/mol. The highest BCUT2D eigenvalue weighted by Gasteiger charge is 2.33. The van der Waals surface area contributed by atoms with Gasteiger partial charge in [-0.1, -0.05) is 12.1 Å². The first-order chi connectivity index (χ1) is 11.1. The third-order valence-electron chi connectivity index (χ3n) is 4.10. The molecular weight excluding hydrogens is 352 g/mol. The molecule has 0 fully saturated rings. The molecule has 1 aliphatic heterocycles. The minimum Gasteiger partial charge on any atom is -0.277 e. The number of hydrogen-bond donors (Lipinski definition) is 0. The molecule has 0 saturated heterocycles. The number of aliphatic imine (C=N–C) groups is 1. The molecule has 0 amide bonds. The van der Waals surface area contributed by atoms with Crippen LogP contribution in [0.4, 0.5) is 11.4 Å². The summed E-state index contributed by atoms with van der Waals surface area (Å²) in [6, 6.07) is 7.36. The second kappa shape index (κ2) is 4.87. The topological polar surface area (TPSA) is 34.0 Å². The lowest BCUT2D eigenvalue weighted by molar-refractivity contribution is 0.930. The molecule has 1 aliphatic carbocycles. The van der Waals surface area contributed by atoms with Gasteiger partial charge in [-0.3, -0.25) is 14.7 Å². The minimum atomic E-state index is -0.139. The number of allylic oxidation sites excluding steroid dienone is 1. The Morgan fingerprint density at radius 1 is 1.09 bits per heavy atom. The molecule has 0 spiro atoms. The molecule has 4 rings (SSSR count). The standard InChI is InChI=1S/C18H9BrN4/c1-9-6-13-17-10(4-5-16(19)23-17)11-7-14(20-2)15(21-3)8-12(11)18(13)22-9/h4-8,18H,1H3. The third-order valence-corrected chi connectivity index (χ3v) is 4.54. The molecule has 0 bridgehead atoms. The molecule has 1 unspecified atom stereocenters. The van der Waals surface area contributed by atoms with Gasteiger partial charge in [0.2, 0.25) is 0 Å². The average Bonchev–Trinajstić information content (AvgIpc) is 2.95. The largest absolute Gasteiger partial charge is 0.277 e. The summed E-state index contributed by atoms with van der Waals surface area (Å²) in [6.07, 6.45) is 2.05. The van der Waals surface area contributed by atoms with Crippen LogP contribution in [0.5, 0.6) is 0 Å². The number of pyridine rings is 1. The molecule has 2 heterocycles. The van der Waals surface area contributed by atoms with Crippen LogP contribution in [0.25, 0.3) is 26.4 Å². The van der Waals surface area contributed by atoms with Crippen LogP contribution in [0.1, 0.15) is 24.2 Å². The van der Waals surface area contributed by atoms with E-state index < -0.39 is 0 Å². The predicted octanol–water partition coefficient (Wildman–Crippen LogP) is 5.53. The highest BCUT2D eigenvalue weighted by atomic mass is 79.9. The molecule has 108 valence electrons. The fourth-order valence-electron chi connectivity index (χ4n) is 3.15. The molecule has 2 aromatic rings. The molecule has 4 nitrogen and oxygen atoms in total. The zero-order valence-corrected chi connectivity index (χ0v) is 13.7. The van der Waals surface area contributed by atoms with E-state index in [9.17, 15) is 0 Å². The maximum atomic E-state index is 7.32. The predicted molar refractivity (Wildman–Crippen MR) is 93.7 cm³/mol. The van der Waals surface area contributed by atoms with Crippen molar-refractivity contribution in [1.29, 1.82) is 0 Å². The number of nitrogens with zero attached hydrogens (tertiary/aromatic N) is 4. The van der Waals surface area contributed by atoms with Gasteiger partial charge >= 0.3 is 0 Å². The second-order valence-corrected chi connectivity index (χ2v) is 6.27. The van der Waals surface area contributed by atoms with Crippen LogP contribution in [0.2, 0.25) is 0 Å². The van der Waals surface area contributed by atoms with Crippen LogP contribution >= 0.6 is 15.9 Å². The molecular formula is C18H9BrN4. The molecule has 2 aliphatic rings. The van der Waals surface area contributed by atoms with Crippen molar-refractivity contribution in [3.8, 4) is 11.1 Å². The molecule has 1 aromatic heterocycles. The molecule has 0 N–H and O–H groups in total. The SMILES string of the molecule is [C-]#[N+]c1cc2c(cc1[N+]#[C-])C1N=C(C)C=C1c1nc(Br)ccc1-2. The summed E-state index contributed by atoms with van der Waals surface area (Å²) in [7, 11) is 0. The summed E-state index contributed by atoms with van der Waals surface area (Å²) in [5, 5.41) is 0. The van der Waals surface area contributed by atoms with Gasteiger partial charge in [-0.05, 0) is 52.2 Å². The number of fused-ring (bicyclic) bond motifs is 6. The Morgan fingerprint density at radius 2 is 1.83 bits per heavy atom. The van der Waals surface area contributed by atoms with Crippen molar-refractivity contribution in [2.45, 2.75) is 13.0 Å². The number of aromatic nitrogens is 1. The van der Waals surface area contributed by atoms with Gasteiger partial charge in [0.15, 0.2) is 11.4 Å². The molecule has 5 heteroatoms. The average molecular weight is 361 g/mol. The van der Waals surface area contributed by atoms with Gasteiger partial charge in [0.05, 0.1) is 18.8 Å². The third kappa shape index (κ3) is 1.94. The highest BCUT2D eigenvalue weighted by Crippen LogP contribution is 2.51. The van der Waals surface area contributed by atoms with Crippen LogP contribution in [0.3, 0.4) is 0 Å². The van der Waals surface area contributed by atoms with E-state index in [1.807, 2.05) is 25.1 Å². The van der Waals surface area contributed by atoms with Crippen LogP contribution in [-0.2, 0) is 0 Å². The Hall–Kier alpha value is -2.76. The van der Waals surface area contributed by atoms with Crippen molar-refractivity contribution in [3.05, 3.63) is 69.0 Å². The van der Waals surface area contributed by atoms with Gasteiger partial charge in [0.25, 0.3) is 0 Å². The molecule has 1 atom stereocenters. The number of benzene rings is 1. The lowest BCUT2D eigenvalue weighted by Crippen LogP contribution is -2.08. The van der Waals surface area contributed by atoms with Crippen molar-refractivity contribution in [2.75, 3.05) is 0 Å². The maximum absolute atomic E-state index is 7.32. The van der Waals surface area contributed by atoms with E-state index in [4.69, 9.17) is 18.1 Å². The Bertz CT molecular complexity index is 1020. The van der Waals surface area contributed by atoms with Crippen molar-refractivity contribution in [2.24, 2.45) is 4.99 Å². The van der Waals surface area contributed by atoms with Crippen molar-refractivity contribution < 1.29 is 0 Å². The second-order valence-electron chi connectivity index (χ2n) is 5.45. The van der Waals surface area contributed by atoms with E-state index in [0.717, 1.165) is 38.3 Å². The quantitative estimate of drug-likeness (QED) is 0.449. The summed E-state index contributed by atoms with van der Waals surface area (Å²) >= 11 is 3.43. The maximum Gasteiger partial charge on any atom is 0.195 e. The molecule has 23 heavy (non-hydrogen) atoms. The van der Waals surface area contributed by atoms with Gasteiger partial charge in [-0.25, -0.2) is 4.98 Å². The van der Waals surface area contributed by atoms with Crippen molar-refractivity contribution in [3.63, 3.8) is 0 Å². The zero-order valence-electron chi connectivity index (χ0n) is 12.1. The van der Waals surface area contributed by atoms with Crippen LogP contribution in [0, 0.1) is 13.1 Å². The normalized spacial score (nSPS) is 17.1. The van der Waals surface area contributed by atoms with Crippen LogP contribution in [-0.4, -0.2) is 10.7 Å². The fourth-order valence-corrected chi connectivity index (χ4v) is 3.46. The molecule has 1 aromatic carbocycles. The fraction of sp³-hybridized carbons (Fsp3) is 0.111. The van der Waals surface area contributed by atoms with Crippen molar-refractivity contribution in [1.82, 2.24) is 4.98 Å². The smallest absolute Gasteiger partial charge is 0.195 e. The summed E-state index contributed by atoms with van der Waals surface area (Å²) in [4.78, 5) is 16.3. The van der Waals surface area contributed by atoms with Gasteiger partial charge in [0, 0.05) is 16.8 Å². The van der Waals surface area contributed by atoms with Gasteiger partial charge in [-0.15, -0.1) is 0 Å². The Morgan fingerprint density at radius 3 is 2.57 bits per heavy atom. The highest BCUT2D eigenvalue weighted by molar-refractivity contribution is 9.10. The zero-order chi connectivity index (χ0) is 16.1. The lowest BCUT2D eigenvalue weighted by Gasteiger charge is -2.26. The Labute approximate surface area is 142 Å². The summed E-state index contributed by atoms with van der Waals surface area (Å²) in [6.45, 7) is 16.6. The Balaban J connectivity index is 2.11. The lowest BCUT2D eigenvalue weighted by atomic mass is 9.82. The van der Waals surface area contributed by atoms with Crippen LogP contribution < -0.4 is 0 Å². The van der Waals surface area contributed by atoms with E-state index in [1.54, 1.807) is 12.1 Å². The number of rotatable bonds is 0. The van der Waals surface area contributed by atoms with Crippen molar-refractivity contribution >= 4 is 38.6 Å². The summed E-state index contributed by atoms with van der Waals surface area (Å²) < 4.78 is 0.770. The van der Waals surface area contributed by atoms with E-state index in [-0.39, 0.29) is 6.04 Å².